The fraction of sp³-hybridized carbons (Fsp3) is 0.478. The molecule has 0 radical (unpaired) electrons. The molecule has 1 nitrogen and oxygen atoms in total. The van der Waals surface area contributed by atoms with Crippen molar-refractivity contribution < 1.29 is 0 Å². The zero-order valence-electron chi connectivity index (χ0n) is 16.9. The molecule has 0 spiro atoms. The maximum atomic E-state index is 6.50. The standard InChI is InChI=1S/C23H31NS/c1-21(2,3)14-9-10-19-16(11-14)23(7,8)17-12-15(22(4,5)6)13-18(24)20(17)25-19/h9-13H,24H2,1-8H3. The molecule has 3 rings (SSSR count). The van der Waals surface area contributed by atoms with Crippen molar-refractivity contribution in [2.45, 2.75) is 81.4 Å². The first kappa shape index (κ1) is 18.4. The van der Waals surface area contributed by atoms with Gasteiger partial charge in [-0.25, -0.2) is 0 Å². The number of hydrogen-bond acceptors (Lipinski definition) is 2. The van der Waals surface area contributed by atoms with Gasteiger partial charge in [-0.15, -0.1) is 0 Å². The normalized spacial score (nSPS) is 16.3. The molecule has 25 heavy (non-hydrogen) atoms. The van der Waals surface area contributed by atoms with E-state index in [1.54, 1.807) is 0 Å². The first-order valence-corrected chi connectivity index (χ1v) is 9.91. The number of anilines is 1. The number of hydrogen-bond donors (Lipinski definition) is 1. The third kappa shape index (κ3) is 3.10. The molecule has 0 amide bonds. The smallest absolute Gasteiger partial charge is 0.0462 e. The third-order valence-electron chi connectivity index (χ3n) is 5.39. The summed E-state index contributed by atoms with van der Waals surface area (Å²) in [4.78, 5) is 2.56. The van der Waals surface area contributed by atoms with Crippen molar-refractivity contribution in [3.63, 3.8) is 0 Å². The maximum absolute atomic E-state index is 6.50. The molecule has 0 unspecified atom stereocenters. The number of benzene rings is 2. The van der Waals surface area contributed by atoms with Gasteiger partial charge >= 0.3 is 0 Å². The molecule has 1 aliphatic rings. The van der Waals surface area contributed by atoms with Crippen molar-refractivity contribution in [2.24, 2.45) is 0 Å². The van der Waals surface area contributed by atoms with Gasteiger partial charge in [0, 0.05) is 20.9 Å². The molecule has 2 heteroatoms. The van der Waals surface area contributed by atoms with Crippen LogP contribution in [0.15, 0.2) is 40.1 Å². The van der Waals surface area contributed by atoms with Gasteiger partial charge in [-0.2, -0.15) is 0 Å². The molecule has 0 saturated carbocycles. The molecule has 0 aliphatic carbocycles. The van der Waals surface area contributed by atoms with Gasteiger partial charge in [0.25, 0.3) is 0 Å². The van der Waals surface area contributed by atoms with E-state index in [0.29, 0.717) is 0 Å². The lowest BCUT2D eigenvalue weighted by Crippen LogP contribution is -2.27. The summed E-state index contributed by atoms with van der Waals surface area (Å²) in [6.07, 6.45) is 0. The molecule has 0 saturated heterocycles. The van der Waals surface area contributed by atoms with Gasteiger partial charge in [0.2, 0.25) is 0 Å². The van der Waals surface area contributed by atoms with Gasteiger partial charge in [-0.05, 0) is 45.2 Å². The minimum Gasteiger partial charge on any atom is -0.398 e. The first-order valence-electron chi connectivity index (χ1n) is 9.09. The summed E-state index contributed by atoms with van der Waals surface area (Å²) in [5.74, 6) is 0. The van der Waals surface area contributed by atoms with Gasteiger partial charge < -0.3 is 5.73 Å². The molecule has 1 aliphatic heterocycles. The number of nitrogen functional groups attached to an aromatic ring is 1. The van der Waals surface area contributed by atoms with Crippen LogP contribution in [-0.4, -0.2) is 0 Å². The van der Waals surface area contributed by atoms with Crippen LogP contribution in [0.2, 0.25) is 0 Å². The molecule has 0 bridgehead atoms. The maximum Gasteiger partial charge on any atom is 0.0462 e. The van der Waals surface area contributed by atoms with Crippen molar-refractivity contribution in [1.82, 2.24) is 0 Å². The van der Waals surface area contributed by atoms with Gasteiger partial charge in [-0.3, -0.25) is 0 Å². The molecule has 0 aromatic heterocycles. The number of rotatable bonds is 0. The summed E-state index contributed by atoms with van der Waals surface area (Å²) in [6, 6.07) is 11.5. The van der Waals surface area contributed by atoms with Gasteiger partial charge in [0.1, 0.15) is 0 Å². The largest absolute Gasteiger partial charge is 0.398 e. The summed E-state index contributed by atoms with van der Waals surface area (Å²) in [5, 5.41) is 0. The van der Waals surface area contributed by atoms with Crippen LogP contribution in [0.1, 0.15) is 77.6 Å². The zero-order chi connectivity index (χ0) is 18.8. The average Bonchev–Trinajstić information content (AvgIpc) is 2.46. The highest BCUT2D eigenvalue weighted by molar-refractivity contribution is 7.99. The summed E-state index contributed by atoms with van der Waals surface area (Å²) in [5.41, 5.74) is 13.1. The average molecular weight is 354 g/mol. The van der Waals surface area contributed by atoms with Crippen LogP contribution in [0.4, 0.5) is 5.69 Å². The van der Waals surface area contributed by atoms with E-state index < -0.39 is 0 Å². The summed E-state index contributed by atoms with van der Waals surface area (Å²) >= 11 is 1.83. The topological polar surface area (TPSA) is 26.0 Å². The van der Waals surface area contributed by atoms with Crippen LogP contribution in [0.5, 0.6) is 0 Å². The van der Waals surface area contributed by atoms with E-state index in [9.17, 15) is 0 Å². The predicted molar refractivity (Wildman–Crippen MR) is 111 cm³/mol. The molecule has 0 atom stereocenters. The van der Waals surface area contributed by atoms with Crippen LogP contribution in [0, 0.1) is 0 Å². The monoisotopic (exact) mass is 353 g/mol. The van der Waals surface area contributed by atoms with Crippen LogP contribution >= 0.6 is 11.8 Å². The van der Waals surface area contributed by atoms with Gasteiger partial charge in [-0.1, -0.05) is 85.4 Å². The zero-order valence-corrected chi connectivity index (χ0v) is 17.7. The van der Waals surface area contributed by atoms with E-state index in [1.165, 1.54) is 32.0 Å². The molecule has 2 aromatic carbocycles. The molecule has 2 N–H and O–H groups in total. The van der Waals surface area contributed by atoms with Crippen molar-refractivity contribution in [3.05, 3.63) is 52.6 Å². The van der Waals surface area contributed by atoms with E-state index in [1.807, 2.05) is 11.8 Å². The second kappa shape index (κ2) is 5.54. The lowest BCUT2D eigenvalue weighted by atomic mass is 9.73. The van der Waals surface area contributed by atoms with Gasteiger partial charge in [0.05, 0.1) is 0 Å². The second-order valence-electron chi connectivity index (χ2n) is 9.88. The Morgan fingerprint density at radius 2 is 1.36 bits per heavy atom. The van der Waals surface area contributed by atoms with Crippen LogP contribution in [0.25, 0.3) is 0 Å². The molecule has 2 aromatic rings. The Kier molecular flexibility index (Phi) is 4.07. The molecular weight excluding hydrogens is 322 g/mol. The summed E-state index contributed by atoms with van der Waals surface area (Å²) in [6.45, 7) is 18.3. The minimum atomic E-state index is -0.0491. The fourth-order valence-electron chi connectivity index (χ4n) is 3.49. The lowest BCUT2D eigenvalue weighted by Gasteiger charge is -2.37. The number of nitrogens with two attached hydrogens (primary N) is 1. The lowest BCUT2D eigenvalue weighted by molar-refractivity contribution is 0.564. The molecule has 1 heterocycles. The fourth-order valence-corrected chi connectivity index (χ4v) is 4.87. The first-order chi connectivity index (χ1) is 11.3. The predicted octanol–water partition coefficient (Wildman–Crippen LogP) is 6.65. The van der Waals surface area contributed by atoms with E-state index in [2.05, 4.69) is 85.7 Å². The van der Waals surface area contributed by atoms with E-state index in [0.717, 1.165) is 5.69 Å². The van der Waals surface area contributed by atoms with E-state index in [4.69, 9.17) is 5.73 Å². The van der Waals surface area contributed by atoms with Crippen molar-refractivity contribution in [1.29, 1.82) is 0 Å². The molecule has 134 valence electrons. The molecule has 0 fully saturated rings. The van der Waals surface area contributed by atoms with Crippen LogP contribution < -0.4 is 5.73 Å². The minimum absolute atomic E-state index is 0.0491. The Labute approximate surface area is 157 Å². The van der Waals surface area contributed by atoms with Crippen molar-refractivity contribution in [2.75, 3.05) is 5.73 Å². The number of fused-ring (bicyclic) bond motifs is 2. The molecular formula is C23H31NS. The Hall–Kier alpha value is -1.41. The Morgan fingerprint density at radius 1 is 0.800 bits per heavy atom. The van der Waals surface area contributed by atoms with E-state index >= 15 is 0 Å². The summed E-state index contributed by atoms with van der Waals surface area (Å²) in [7, 11) is 0. The van der Waals surface area contributed by atoms with Gasteiger partial charge in [0.15, 0.2) is 0 Å². The highest BCUT2D eigenvalue weighted by Gasteiger charge is 2.36. The van der Waals surface area contributed by atoms with Crippen LogP contribution in [-0.2, 0) is 16.2 Å². The highest BCUT2D eigenvalue weighted by Crippen LogP contribution is 2.52. The summed E-state index contributed by atoms with van der Waals surface area (Å²) < 4.78 is 0. The highest BCUT2D eigenvalue weighted by atomic mass is 32.2. The third-order valence-corrected chi connectivity index (χ3v) is 6.62. The Balaban J connectivity index is 2.23. The quantitative estimate of drug-likeness (QED) is 0.536. The Morgan fingerprint density at radius 3 is 1.92 bits per heavy atom. The van der Waals surface area contributed by atoms with Crippen LogP contribution in [0.3, 0.4) is 0 Å². The van der Waals surface area contributed by atoms with E-state index in [-0.39, 0.29) is 16.2 Å². The van der Waals surface area contributed by atoms with Crippen molar-refractivity contribution >= 4 is 17.4 Å². The van der Waals surface area contributed by atoms with Crippen molar-refractivity contribution in [3.8, 4) is 0 Å². The SMILES string of the molecule is CC(C)(C)c1ccc2c(c1)C(C)(C)c1cc(C(C)(C)C)cc(N)c1S2. The Bertz CT molecular complexity index is 832. The second-order valence-corrected chi connectivity index (χ2v) is 10.9.